The summed E-state index contributed by atoms with van der Waals surface area (Å²) in [6.07, 6.45) is 0. The van der Waals surface area contributed by atoms with E-state index in [9.17, 15) is 4.39 Å². The van der Waals surface area contributed by atoms with E-state index < -0.39 is 0 Å². The summed E-state index contributed by atoms with van der Waals surface area (Å²) in [6, 6.07) is 10.3. The third-order valence-corrected chi connectivity index (χ3v) is 2.35. The molecule has 2 nitrogen and oxygen atoms in total. The Labute approximate surface area is 93.7 Å². The second kappa shape index (κ2) is 4.31. The summed E-state index contributed by atoms with van der Waals surface area (Å²) in [4.78, 5) is 4.18. The molecule has 0 atom stereocenters. The summed E-state index contributed by atoms with van der Waals surface area (Å²) >= 11 is 0. The molecule has 1 aromatic heterocycles. The van der Waals surface area contributed by atoms with Crippen LogP contribution in [0.25, 0.3) is 11.3 Å². The Morgan fingerprint density at radius 1 is 1.06 bits per heavy atom. The maximum absolute atomic E-state index is 13.5. The van der Waals surface area contributed by atoms with E-state index in [1.54, 1.807) is 37.4 Å². The maximum atomic E-state index is 13.5. The van der Waals surface area contributed by atoms with E-state index in [-0.39, 0.29) is 5.82 Å². The van der Waals surface area contributed by atoms with Crippen LogP contribution in [0.3, 0.4) is 0 Å². The largest absolute Gasteiger partial charge is 0.497 e. The molecule has 0 unspecified atom stereocenters. The van der Waals surface area contributed by atoms with Crippen LogP contribution < -0.4 is 4.74 Å². The maximum Gasteiger partial charge on any atom is 0.149 e. The molecule has 0 spiro atoms. The molecule has 1 aromatic carbocycles. The van der Waals surface area contributed by atoms with Gasteiger partial charge in [-0.15, -0.1) is 0 Å². The molecule has 0 saturated carbocycles. The smallest absolute Gasteiger partial charge is 0.149 e. The van der Waals surface area contributed by atoms with E-state index in [0.717, 1.165) is 17.0 Å². The quantitative estimate of drug-likeness (QED) is 0.770. The Kier molecular flexibility index (Phi) is 2.86. The molecule has 0 amide bonds. The molecular formula is C13H12FNO. The predicted octanol–water partition coefficient (Wildman–Crippen LogP) is 3.20. The standard InChI is InChI=1S/C13H12FNO/c1-9-3-8-12(14)13(15-9)10-4-6-11(16-2)7-5-10/h3-8H,1-2H3. The Morgan fingerprint density at radius 2 is 1.75 bits per heavy atom. The normalized spacial score (nSPS) is 10.2. The highest BCUT2D eigenvalue weighted by atomic mass is 19.1. The van der Waals surface area contributed by atoms with E-state index in [1.807, 2.05) is 6.92 Å². The third kappa shape index (κ3) is 2.03. The highest BCUT2D eigenvalue weighted by Gasteiger charge is 2.06. The van der Waals surface area contributed by atoms with Crippen molar-refractivity contribution in [1.29, 1.82) is 0 Å². The SMILES string of the molecule is COc1ccc(-c2nc(C)ccc2F)cc1. The van der Waals surface area contributed by atoms with Crippen LogP contribution in [0.5, 0.6) is 5.75 Å². The van der Waals surface area contributed by atoms with Crippen LogP contribution >= 0.6 is 0 Å². The van der Waals surface area contributed by atoms with Crippen molar-refractivity contribution in [3.63, 3.8) is 0 Å². The molecular weight excluding hydrogens is 205 g/mol. The highest BCUT2D eigenvalue weighted by molar-refractivity contribution is 5.60. The Bertz CT molecular complexity index is 494. The minimum atomic E-state index is -0.309. The van der Waals surface area contributed by atoms with Gasteiger partial charge in [0.15, 0.2) is 0 Å². The van der Waals surface area contributed by atoms with Gasteiger partial charge in [0.05, 0.1) is 7.11 Å². The van der Waals surface area contributed by atoms with Crippen molar-refractivity contribution in [2.24, 2.45) is 0 Å². The molecule has 0 bridgehead atoms. The molecule has 0 aliphatic rings. The van der Waals surface area contributed by atoms with Gasteiger partial charge in [0, 0.05) is 11.3 Å². The lowest BCUT2D eigenvalue weighted by molar-refractivity contribution is 0.415. The van der Waals surface area contributed by atoms with Gasteiger partial charge in [-0.2, -0.15) is 0 Å². The average molecular weight is 217 g/mol. The number of aryl methyl sites for hydroxylation is 1. The molecule has 0 saturated heterocycles. The van der Waals surface area contributed by atoms with Crippen molar-refractivity contribution >= 4 is 0 Å². The molecule has 3 heteroatoms. The molecule has 2 aromatic rings. The topological polar surface area (TPSA) is 22.1 Å². The first-order valence-corrected chi connectivity index (χ1v) is 4.98. The number of benzene rings is 1. The monoisotopic (exact) mass is 217 g/mol. The van der Waals surface area contributed by atoms with Crippen LogP contribution in [-0.4, -0.2) is 12.1 Å². The van der Waals surface area contributed by atoms with Crippen molar-refractivity contribution in [2.75, 3.05) is 7.11 Å². The van der Waals surface area contributed by atoms with Crippen molar-refractivity contribution in [3.8, 4) is 17.0 Å². The first-order valence-electron chi connectivity index (χ1n) is 4.98. The lowest BCUT2D eigenvalue weighted by Crippen LogP contribution is -1.91. The highest BCUT2D eigenvalue weighted by Crippen LogP contribution is 2.23. The number of hydrogen-bond donors (Lipinski definition) is 0. The summed E-state index contributed by atoms with van der Waals surface area (Å²) in [5, 5.41) is 0. The summed E-state index contributed by atoms with van der Waals surface area (Å²) < 4.78 is 18.6. The zero-order chi connectivity index (χ0) is 11.5. The Hall–Kier alpha value is -1.90. The fourth-order valence-electron chi connectivity index (χ4n) is 1.49. The van der Waals surface area contributed by atoms with Gasteiger partial charge >= 0.3 is 0 Å². The lowest BCUT2D eigenvalue weighted by Gasteiger charge is -2.05. The zero-order valence-electron chi connectivity index (χ0n) is 9.20. The van der Waals surface area contributed by atoms with Gasteiger partial charge in [0.1, 0.15) is 17.3 Å². The predicted molar refractivity (Wildman–Crippen MR) is 60.9 cm³/mol. The average Bonchev–Trinajstić information content (AvgIpc) is 2.32. The van der Waals surface area contributed by atoms with Gasteiger partial charge < -0.3 is 4.74 Å². The zero-order valence-corrected chi connectivity index (χ0v) is 9.20. The Morgan fingerprint density at radius 3 is 2.38 bits per heavy atom. The van der Waals surface area contributed by atoms with Crippen LogP contribution in [0.2, 0.25) is 0 Å². The van der Waals surface area contributed by atoms with Crippen LogP contribution in [0.1, 0.15) is 5.69 Å². The number of pyridine rings is 1. The summed E-state index contributed by atoms with van der Waals surface area (Å²) in [6.45, 7) is 1.84. The first kappa shape index (κ1) is 10.6. The van der Waals surface area contributed by atoms with Crippen molar-refractivity contribution < 1.29 is 9.13 Å². The van der Waals surface area contributed by atoms with Gasteiger partial charge in [-0.1, -0.05) is 0 Å². The van der Waals surface area contributed by atoms with E-state index >= 15 is 0 Å². The second-order valence-electron chi connectivity index (χ2n) is 3.51. The van der Waals surface area contributed by atoms with Crippen LogP contribution in [0.4, 0.5) is 4.39 Å². The summed E-state index contributed by atoms with van der Waals surface area (Å²) in [5.41, 5.74) is 1.93. The Balaban J connectivity index is 2.45. The number of hydrogen-bond acceptors (Lipinski definition) is 2. The van der Waals surface area contributed by atoms with Gasteiger partial charge in [-0.25, -0.2) is 4.39 Å². The molecule has 0 fully saturated rings. The van der Waals surface area contributed by atoms with E-state index in [0.29, 0.717) is 5.69 Å². The van der Waals surface area contributed by atoms with Crippen molar-refractivity contribution in [2.45, 2.75) is 6.92 Å². The van der Waals surface area contributed by atoms with Gasteiger partial charge in [0.2, 0.25) is 0 Å². The van der Waals surface area contributed by atoms with E-state index in [2.05, 4.69) is 4.98 Å². The number of ether oxygens (including phenoxy) is 1. The fraction of sp³-hybridized carbons (Fsp3) is 0.154. The number of aromatic nitrogens is 1. The summed E-state index contributed by atoms with van der Waals surface area (Å²) in [7, 11) is 1.60. The van der Waals surface area contributed by atoms with E-state index in [1.165, 1.54) is 6.07 Å². The molecule has 0 aliphatic carbocycles. The minimum Gasteiger partial charge on any atom is -0.497 e. The molecule has 0 radical (unpaired) electrons. The minimum absolute atomic E-state index is 0.309. The molecule has 0 N–H and O–H groups in total. The molecule has 82 valence electrons. The molecule has 1 heterocycles. The number of nitrogens with zero attached hydrogens (tertiary/aromatic N) is 1. The van der Waals surface area contributed by atoms with Crippen LogP contribution in [0, 0.1) is 12.7 Å². The lowest BCUT2D eigenvalue weighted by atomic mass is 10.1. The van der Waals surface area contributed by atoms with E-state index in [4.69, 9.17) is 4.74 Å². The van der Waals surface area contributed by atoms with Crippen molar-refractivity contribution in [1.82, 2.24) is 4.98 Å². The number of methoxy groups -OCH3 is 1. The van der Waals surface area contributed by atoms with Crippen LogP contribution in [0.15, 0.2) is 36.4 Å². The first-order chi connectivity index (χ1) is 7.70. The molecule has 16 heavy (non-hydrogen) atoms. The third-order valence-electron chi connectivity index (χ3n) is 2.35. The fourth-order valence-corrected chi connectivity index (χ4v) is 1.49. The van der Waals surface area contributed by atoms with Gasteiger partial charge in [0.25, 0.3) is 0 Å². The van der Waals surface area contributed by atoms with Gasteiger partial charge in [-0.3, -0.25) is 4.98 Å². The van der Waals surface area contributed by atoms with Gasteiger partial charge in [-0.05, 0) is 43.3 Å². The van der Waals surface area contributed by atoms with Crippen molar-refractivity contribution in [3.05, 3.63) is 47.9 Å². The number of halogens is 1. The molecule has 0 aliphatic heterocycles. The van der Waals surface area contributed by atoms with Crippen LogP contribution in [-0.2, 0) is 0 Å². The number of rotatable bonds is 2. The second-order valence-corrected chi connectivity index (χ2v) is 3.51. The summed E-state index contributed by atoms with van der Waals surface area (Å²) in [5.74, 6) is 0.438. The molecule has 2 rings (SSSR count).